The maximum absolute atomic E-state index is 12.6. The van der Waals surface area contributed by atoms with Crippen molar-refractivity contribution in [3.8, 4) is 0 Å². The van der Waals surface area contributed by atoms with Crippen molar-refractivity contribution in [1.29, 1.82) is 0 Å². The minimum atomic E-state index is 0.109. The van der Waals surface area contributed by atoms with Gasteiger partial charge in [-0.15, -0.1) is 0 Å². The molecule has 3 atom stereocenters. The van der Waals surface area contributed by atoms with Gasteiger partial charge in [-0.05, 0) is 64.5 Å². The molecule has 120 valence electrons. The molecule has 3 heterocycles. The van der Waals surface area contributed by atoms with Gasteiger partial charge < -0.3 is 15.1 Å². The van der Waals surface area contributed by atoms with Crippen LogP contribution in [0.5, 0.6) is 0 Å². The molecule has 3 rings (SSSR count). The van der Waals surface area contributed by atoms with Crippen LogP contribution in [-0.4, -0.2) is 60.5 Å². The molecule has 3 fully saturated rings. The lowest BCUT2D eigenvalue weighted by atomic mass is 9.94. The van der Waals surface area contributed by atoms with E-state index in [-0.39, 0.29) is 6.04 Å². The SMILES string of the molecule is C[C@@H]1CCCCN1C[C@@H]1CCCN(C(=O)[C@H]2CCCN2)C1. The van der Waals surface area contributed by atoms with Gasteiger partial charge in [0, 0.05) is 25.7 Å². The third-order valence-corrected chi connectivity index (χ3v) is 5.62. The molecule has 0 aromatic rings. The van der Waals surface area contributed by atoms with Crippen molar-refractivity contribution in [1.82, 2.24) is 15.1 Å². The fourth-order valence-corrected chi connectivity index (χ4v) is 4.29. The predicted octanol–water partition coefficient (Wildman–Crippen LogP) is 1.85. The number of hydrogen-bond acceptors (Lipinski definition) is 3. The Morgan fingerprint density at radius 1 is 1.10 bits per heavy atom. The lowest BCUT2D eigenvalue weighted by molar-refractivity contribution is -0.135. The molecule has 1 amide bonds. The molecule has 0 aromatic heterocycles. The first-order valence-corrected chi connectivity index (χ1v) is 9.00. The Morgan fingerprint density at radius 3 is 2.76 bits per heavy atom. The summed E-state index contributed by atoms with van der Waals surface area (Å²) in [6.07, 6.45) is 8.76. The summed E-state index contributed by atoms with van der Waals surface area (Å²) in [5, 5.41) is 3.36. The molecule has 0 aliphatic carbocycles. The summed E-state index contributed by atoms with van der Waals surface area (Å²) in [6.45, 7) is 7.80. The molecule has 0 bridgehead atoms. The number of hydrogen-bond donors (Lipinski definition) is 1. The number of carbonyl (C=O) groups excluding carboxylic acids is 1. The van der Waals surface area contributed by atoms with Gasteiger partial charge in [-0.2, -0.15) is 0 Å². The minimum Gasteiger partial charge on any atom is -0.341 e. The first kappa shape index (κ1) is 15.3. The fourth-order valence-electron chi connectivity index (χ4n) is 4.29. The quantitative estimate of drug-likeness (QED) is 0.862. The molecule has 3 aliphatic rings. The molecule has 4 heteroatoms. The zero-order valence-corrected chi connectivity index (χ0v) is 13.5. The van der Waals surface area contributed by atoms with Gasteiger partial charge in [0.25, 0.3) is 0 Å². The number of piperidine rings is 2. The van der Waals surface area contributed by atoms with E-state index >= 15 is 0 Å². The molecule has 0 radical (unpaired) electrons. The van der Waals surface area contributed by atoms with Crippen molar-refractivity contribution < 1.29 is 4.79 Å². The van der Waals surface area contributed by atoms with Gasteiger partial charge >= 0.3 is 0 Å². The van der Waals surface area contributed by atoms with Gasteiger partial charge in [0.15, 0.2) is 0 Å². The van der Waals surface area contributed by atoms with Crippen LogP contribution >= 0.6 is 0 Å². The Hall–Kier alpha value is -0.610. The van der Waals surface area contributed by atoms with Crippen molar-refractivity contribution in [3.63, 3.8) is 0 Å². The molecule has 0 saturated carbocycles. The van der Waals surface area contributed by atoms with Gasteiger partial charge in [0.1, 0.15) is 0 Å². The lowest BCUT2D eigenvalue weighted by Crippen LogP contribution is -2.50. The smallest absolute Gasteiger partial charge is 0.239 e. The molecule has 1 N–H and O–H groups in total. The van der Waals surface area contributed by atoms with Crippen LogP contribution in [0.3, 0.4) is 0 Å². The van der Waals surface area contributed by atoms with Crippen LogP contribution in [0.15, 0.2) is 0 Å². The zero-order valence-electron chi connectivity index (χ0n) is 13.5. The summed E-state index contributed by atoms with van der Waals surface area (Å²) in [5.41, 5.74) is 0. The molecule has 3 aliphatic heterocycles. The Balaban J connectivity index is 1.51. The summed E-state index contributed by atoms with van der Waals surface area (Å²) in [5.74, 6) is 1.05. The van der Waals surface area contributed by atoms with Gasteiger partial charge in [-0.3, -0.25) is 4.79 Å². The zero-order chi connectivity index (χ0) is 14.7. The van der Waals surface area contributed by atoms with E-state index in [1.807, 2.05) is 0 Å². The predicted molar refractivity (Wildman–Crippen MR) is 85.2 cm³/mol. The van der Waals surface area contributed by atoms with Gasteiger partial charge in [-0.25, -0.2) is 0 Å². The molecule has 0 aromatic carbocycles. The number of nitrogens with one attached hydrogen (secondary N) is 1. The highest BCUT2D eigenvalue weighted by molar-refractivity contribution is 5.82. The Morgan fingerprint density at radius 2 is 2.00 bits per heavy atom. The first-order chi connectivity index (χ1) is 10.2. The summed E-state index contributed by atoms with van der Waals surface area (Å²) < 4.78 is 0. The Kier molecular flexibility index (Phi) is 5.17. The van der Waals surface area contributed by atoms with Gasteiger partial charge in [0.05, 0.1) is 6.04 Å². The van der Waals surface area contributed by atoms with Crippen molar-refractivity contribution in [2.45, 2.75) is 64.0 Å². The van der Waals surface area contributed by atoms with Crippen molar-refractivity contribution >= 4 is 5.91 Å². The van der Waals surface area contributed by atoms with Crippen LogP contribution in [0, 0.1) is 5.92 Å². The topological polar surface area (TPSA) is 35.6 Å². The molecule has 21 heavy (non-hydrogen) atoms. The summed E-state index contributed by atoms with van der Waals surface area (Å²) in [4.78, 5) is 17.4. The molecule has 0 spiro atoms. The van der Waals surface area contributed by atoms with Crippen molar-refractivity contribution in [3.05, 3.63) is 0 Å². The monoisotopic (exact) mass is 293 g/mol. The normalized spacial score (nSPS) is 35.1. The standard InChI is InChI=1S/C17H31N3O/c1-14-6-2-3-10-19(14)12-15-7-5-11-20(13-15)17(21)16-8-4-9-18-16/h14-16,18H,2-13H2,1H3/t14-,15+,16-/m1/s1. The summed E-state index contributed by atoms with van der Waals surface area (Å²) in [6, 6.07) is 0.846. The average Bonchev–Trinajstić information content (AvgIpc) is 3.03. The molecule has 4 nitrogen and oxygen atoms in total. The second kappa shape index (κ2) is 7.10. The second-order valence-electron chi connectivity index (χ2n) is 7.28. The third-order valence-electron chi connectivity index (χ3n) is 5.62. The van der Waals surface area contributed by atoms with Crippen LogP contribution in [0.1, 0.15) is 51.9 Å². The number of carbonyl (C=O) groups is 1. The molecule has 0 unspecified atom stereocenters. The van der Waals surface area contributed by atoms with E-state index in [1.165, 1.54) is 45.2 Å². The third kappa shape index (κ3) is 3.78. The van der Waals surface area contributed by atoms with E-state index in [9.17, 15) is 4.79 Å². The van der Waals surface area contributed by atoms with E-state index in [0.29, 0.717) is 11.8 Å². The number of amides is 1. The van der Waals surface area contributed by atoms with Gasteiger partial charge in [-0.1, -0.05) is 6.42 Å². The Labute approximate surface area is 129 Å². The van der Waals surface area contributed by atoms with E-state index in [4.69, 9.17) is 0 Å². The van der Waals surface area contributed by atoms with Crippen LogP contribution in [0.4, 0.5) is 0 Å². The maximum Gasteiger partial charge on any atom is 0.239 e. The Bertz CT molecular complexity index is 354. The minimum absolute atomic E-state index is 0.109. The highest BCUT2D eigenvalue weighted by atomic mass is 16.2. The van der Waals surface area contributed by atoms with E-state index in [1.54, 1.807) is 0 Å². The molecular weight excluding hydrogens is 262 g/mol. The largest absolute Gasteiger partial charge is 0.341 e. The van der Waals surface area contributed by atoms with E-state index < -0.39 is 0 Å². The number of rotatable bonds is 3. The van der Waals surface area contributed by atoms with Gasteiger partial charge in [0.2, 0.25) is 5.91 Å². The first-order valence-electron chi connectivity index (χ1n) is 9.00. The van der Waals surface area contributed by atoms with E-state index in [0.717, 1.165) is 38.5 Å². The molecule has 3 saturated heterocycles. The second-order valence-corrected chi connectivity index (χ2v) is 7.28. The maximum atomic E-state index is 12.6. The average molecular weight is 293 g/mol. The van der Waals surface area contributed by atoms with Crippen LogP contribution < -0.4 is 5.32 Å². The van der Waals surface area contributed by atoms with Crippen LogP contribution in [0.25, 0.3) is 0 Å². The fraction of sp³-hybridized carbons (Fsp3) is 0.941. The lowest BCUT2D eigenvalue weighted by Gasteiger charge is -2.40. The highest BCUT2D eigenvalue weighted by Gasteiger charge is 2.31. The van der Waals surface area contributed by atoms with Crippen LogP contribution in [-0.2, 0) is 4.79 Å². The van der Waals surface area contributed by atoms with Crippen LogP contribution in [0.2, 0.25) is 0 Å². The highest BCUT2D eigenvalue weighted by Crippen LogP contribution is 2.23. The number of likely N-dealkylation sites (tertiary alicyclic amines) is 2. The number of nitrogens with zero attached hydrogens (tertiary/aromatic N) is 2. The van der Waals surface area contributed by atoms with Crippen molar-refractivity contribution in [2.75, 3.05) is 32.7 Å². The summed E-state index contributed by atoms with van der Waals surface area (Å²) >= 11 is 0. The molecular formula is C17H31N3O. The summed E-state index contributed by atoms with van der Waals surface area (Å²) in [7, 11) is 0. The van der Waals surface area contributed by atoms with Crippen molar-refractivity contribution in [2.24, 2.45) is 5.92 Å². The van der Waals surface area contributed by atoms with E-state index in [2.05, 4.69) is 22.0 Å².